The highest BCUT2D eigenvalue weighted by Gasteiger charge is 2.11. The molecule has 0 aliphatic carbocycles. The van der Waals surface area contributed by atoms with Crippen LogP contribution in [0, 0.1) is 6.92 Å². The monoisotopic (exact) mass is 239 g/mol. The topological polar surface area (TPSA) is 78.1 Å². The standard InChI is InChI=1S/C14H13N3O/c1-8-2-5-12-13(6-8)18-14(17-12)10-7-9(15)3-4-11(10)16/h2-7H,15-16H2,1H3. The molecule has 18 heavy (non-hydrogen) atoms. The molecule has 3 rings (SSSR count). The van der Waals surface area contributed by atoms with E-state index < -0.39 is 0 Å². The number of hydrogen-bond acceptors (Lipinski definition) is 4. The summed E-state index contributed by atoms with van der Waals surface area (Å²) in [7, 11) is 0. The number of nitrogens with two attached hydrogens (primary N) is 2. The highest BCUT2D eigenvalue weighted by atomic mass is 16.3. The Bertz CT molecular complexity index is 731. The molecule has 4 heteroatoms. The predicted octanol–water partition coefficient (Wildman–Crippen LogP) is 2.97. The molecule has 0 saturated carbocycles. The lowest BCUT2D eigenvalue weighted by atomic mass is 10.1. The zero-order valence-electron chi connectivity index (χ0n) is 9.97. The number of nitrogen functional groups attached to an aromatic ring is 2. The first-order valence-electron chi connectivity index (χ1n) is 5.66. The average Bonchev–Trinajstić information content (AvgIpc) is 2.74. The fourth-order valence-corrected chi connectivity index (χ4v) is 1.91. The minimum Gasteiger partial charge on any atom is -0.436 e. The third kappa shape index (κ3) is 1.68. The molecule has 0 bridgehead atoms. The Morgan fingerprint density at radius 1 is 1.06 bits per heavy atom. The van der Waals surface area contributed by atoms with Gasteiger partial charge in [0.1, 0.15) is 5.52 Å². The third-order valence-corrected chi connectivity index (χ3v) is 2.85. The van der Waals surface area contributed by atoms with E-state index in [1.807, 2.05) is 25.1 Å². The maximum Gasteiger partial charge on any atom is 0.229 e. The number of benzene rings is 2. The summed E-state index contributed by atoms with van der Waals surface area (Å²) >= 11 is 0. The van der Waals surface area contributed by atoms with E-state index in [-0.39, 0.29) is 0 Å². The summed E-state index contributed by atoms with van der Waals surface area (Å²) < 4.78 is 5.72. The van der Waals surface area contributed by atoms with Crippen molar-refractivity contribution in [2.45, 2.75) is 6.92 Å². The quantitative estimate of drug-likeness (QED) is 0.640. The number of rotatable bonds is 1. The van der Waals surface area contributed by atoms with Crippen molar-refractivity contribution in [2.24, 2.45) is 0 Å². The SMILES string of the molecule is Cc1ccc2nc(-c3cc(N)ccc3N)oc2c1. The lowest BCUT2D eigenvalue weighted by Gasteiger charge is -2.01. The Hall–Kier alpha value is -2.49. The van der Waals surface area contributed by atoms with Crippen molar-refractivity contribution in [1.82, 2.24) is 4.98 Å². The van der Waals surface area contributed by atoms with Crippen LogP contribution in [-0.4, -0.2) is 4.98 Å². The summed E-state index contributed by atoms with van der Waals surface area (Å²) in [6.07, 6.45) is 0. The fraction of sp³-hybridized carbons (Fsp3) is 0.0714. The normalized spacial score (nSPS) is 10.9. The number of aryl methyl sites for hydroxylation is 1. The smallest absolute Gasteiger partial charge is 0.229 e. The molecule has 0 atom stereocenters. The molecule has 0 saturated heterocycles. The molecule has 4 nitrogen and oxygen atoms in total. The van der Waals surface area contributed by atoms with E-state index in [0.717, 1.165) is 22.2 Å². The third-order valence-electron chi connectivity index (χ3n) is 2.85. The summed E-state index contributed by atoms with van der Waals surface area (Å²) in [4.78, 5) is 4.42. The van der Waals surface area contributed by atoms with Gasteiger partial charge < -0.3 is 15.9 Å². The summed E-state index contributed by atoms with van der Waals surface area (Å²) in [6.45, 7) is 2.01. The van der Waals surface area contributed by atoms with Crippen LogP contribution in [0.15, 0.2) is 40.8 Å². The van der Waals surface area contributed by atoms with Gasteiger partial charge in [-0.1, -0.05) is 6.07 Å². The largest absolute Gasteiger partial charge is 0.436 e. The maximum atomic E-state index is 5.92. The number of hydrogen-bond donors (Lipinski definition) is 2. The molecule has 2 aromatic carbocycles. The van der Waals surface area contributed by atoms with Crippen molar-refractivity contribution in [1.29, 1.82) is 0 Å². The van der Waals surface area contributed by atoms with Crippen LogP contribution in [0.1, 0.15) is 5.56 Å². The number of nitrogens with zero attached hydrogens (tertiary/aromatic N) is 1. The summed E-state index contributed by atoms with van der Waals surface area (Å²) in [5, 5.41) is 0. The van der Waals surface area contributed by atoms with Gasteiger partial charge in [-0.05, 0) is 42.8 Å². The van der Waals surface area contributed by atoms with Gasteiger partial charge in [0.2, 0.25) is 5.89 Å². The first kappa shape index (κ1) is 10.7. The number of fused-ring (bicyclic) bond motifs is 1. The second-order valence-corrected chi connectivity index (χ2v) is 4.34. The van der Waals surface area contributed by atoms with Crippen molar-refractivity contribution in [3.63, 3.8) is 0 Å². The van der Waals surface area contributed by atoms with Gasteiger partial charge in [-0.2, -0.15) is 0 Å². The highest BCUT2D eigenvalue weighted by molar-refractivity contribution is 5.81. The molecule has 1 aromatic heterocycles. The van der Waals surface area contributed by atoms with Crippen LogP contribution >= 0.6 is 0 Å². The predicted molar refractivity (Wildman–Crippen MR) is 73.0 cm³/mol. The first-order valence-corrected chi connectivity index (χ1v) is 5.66. The second kappa shape index (κ2) is 3.77. The van der Waals surface area contributed by atoms with E-state index >= 15 is 0 Å². The van der Waals surface area contributed by atoms with Gasteiger partial charge in [-0.3, -0.25) is 0 Å². The van der Waals surface area contributed by atoms with Crippen LogP contribution in [-0.2, 0) is 0 Å². The van der Waals surface area contributed by atoms with Crippen LogP contribution in [0.4, 0.5) is 11.4 Å². The van der Waals surface area contributed by atoms with Gasteiger partial charge >= 0.3 is 0 Å². The summed E-state index contributed by atoms with van der Waals surface area (Å²) in [5.41, 5.74) is 16.3. The van der Waals surface area contributed by atoms with E-state index in [4.69, 9.17) is 15.9 Å². The highest BCUT2D eigenvalue weighted by Crippen LogP contribution is 2.30. The molecule has 0 unspecified atom stereocenters. The van der Waals surface area contributed by atoms with Crippen LogP contribution in [0.3, 0.4) is 0 Å². The molecule has 90 valence electrons. The summed E-state index contributed by atoms with van der Waals surface area (Å²) in [5.74, 6) is 0.500. The molecular weight excluding hydrogens is 226 g/mol. The van der Waals surface area contributed by atoms with Crippen molar-refractivity contribution in [3.05, 3.63) is 42.0 Å². The molecule has 4 N–H and O–H groups in total. The molecule has 1 heterocycles. The lowest BCUT2D eigenvalue weighted by Crippen LogP contribution is -1.92. The first-order chi connectivity index (χ1) is 8.63. The Morgan fingerprint density at radius 2 is 1.89 bits per heavy atom. The molecule has 0 radical (unpaired) electrons. The Labute approximate surface area is 104 Å². The zero-order chi connectivity index (χ0) is 12.7. The van der Waals surface area contributed by atoms with Crippen LogP contribution in [0.2, 0.25) is 0 Å². The van der Waals surface area contributed by atoms with Crippen LogP contribution in [0.25, 0.3) is 22.6 Å². The van der Waals surface area contributed by atoms with Crippen LogP contribution in [0.5, 0.6) is 0 Å². The van der Waals surface area contributed by atoms with Crippen molar-refractivity contribution >= 4 is 22.5 Å². The van der Waals surface area contributed by atoms with Crippen molar-refractivity contribution < 1.29 is 4.42 Å². The average molecular weight is 239 g/mol. The van der Waals surface area contributed by atoms with E-state index in [0.29, 0.717) is 17.3 Å². The van der Waals surface area contributed by atoms with Gasteiger partial charge in [-0.25, -0.2) is 4.98 Å². The van der Waals surface area contributed by atoms with Crippen molar-refractivity contribution in [3.8, 4) is 11.5 Å². The fourth-order valence-electron chi connectivity index (χ4n) is 1.91. The van der Waals surface area contributed by atoms with Gasteiger partial charge in [0.15, 0.2) is 5.58 Å². The van der Waals surface area contributed by atoms with E-state index in [2.05, 4.69) is 4.98 Å². The number of anilines is 2. The van der Waals surface area contributed by atoms with Gasteiger partial charge in [0.05, 0.1) is 5.56 Å². The zero-order valence-corrected chi connectivity index (χ0v) is 9.97. The molecule has 0 aliphatic rings. The summed E-state index contributed by atoms with van der Waals surface area (Å²) in [6, 6.07) is 11.2. The lowest BCUT2D eigenvalue weighted by molar-refractivity contribution is 0.620. The van der Waals surface area contributed by atoms with Gasteiger partial charge in [0, 0.05) is 11.4 Å². The Kier molecular flexibility index (Phi) is 2.23. The molecule has 0 spiro atoms. The second-order valence-electron chi connectivity index (χ2n) is 4.34. The molecule has 0 fully saturated rings. The minimum atomic E-state index is 0.500. The maximum absolute atomic E-state index is 5.92. The van der Waals surface area contributed by atoms with Gasteiger partial charge in [0.25, 0.3) is 0 Å². The molecule has 3 aromatic rings. The number of aromatic nitrogens is 1. The van der Waals surface area contributed by atoms with Gasteiger partial charge in [-0.15, -0.1) is 0 Å². The van der Waals surface area contributed by atoms with Crippen LogP contribution < -0.4 is 11.5 Å². The van der Waals surface area contributed by atoms with E-state index in [1.54, 1.807) is 18.2 Å². The Morgan fingerprint density at radius 3 is 2.72 bits per heavy atom. The molecular formula is C14H13N3O. The molecule has 0 amide bonds. The minimum absolute atomic E-state index is 0.500. The Balaban J connectivity index is 2.22. The molecule has 0 aliphatic heterocycles. The van der Waals surface area contributed by atoms with E-state index in [1.165, 1.54) is 0 Å². The van der Waals surface area contributed by atoms with E-state index in [9.17, 15) is 0 Å². The number of oxazole rings is 1. The van der Waals surface area contributed by atoms with Crippen molar-refractivity contribution in [2.75, 3.05) is 11.5 Å².